The van der Waals surface area contributed by atoms with Gasteiger partial charge in [0, 0.05) is 13.2 Å². The van der Waals surface area contributed by atoms with Crippen molar-refractivity contribution in [2.24, 2.45) is 7.05 Å². The first-order valence-corrected chi connectivity index (χ1v) is 5.38. The van der Waals surface area contributed by atoms with Crippen LogP contribution in [-0.4, -0.2) is 45.2 Å². The molecule has 15 heavy (non-hydrogen) atoms. The maximum Gasteiger partial charge on any atom is 0.255 e. The van der Waals surface area contributed by atoms with Crippen LogP contribution >= 0.6 is 22.6 Å². The Morgan fingerprint density at radius 3 is 2.67 bits per heavy atom. The molecule has 1 aromatic rings. The highest BCUT2D eigenvalue weighted by Gasteiger charge is 2.16. The van der Waals surface area contributed by atoms with Crippen LogP contribution in [0.4, 0.5) is 0 Å². The van der Waals surface area contributed by atoms with Crippen molar-refractivity contribution in [2.75, 3.05) is 13.2 Å². The van der Waals surface area contributed by atoms with Crippen LogP contribution in [0.2, 0.25) is 0 Å². The number of halogens is 1. The summed E-state index contributed by atoms with van der Waals surface area (Å²) in [6.07, 6.45) is 1.59. The summed E-state index contributed by atoms with van der Waals surface area (Å²) in [5.74, 6) is -0.347. The molecule has 1 aromatic heterocycles. The van der Waals surface area contributed by atoms with Gasteiger partial charge in [-0.15, -0.1) is 0 Å². The second kappa shape index (κ2) is 5.42. The summed E-state index contributed by atoms with van der Waals surface area (Å²) in [5, 5.41) is 24.1. The van der Waals surface area contributed by atoms with Gasteiger partial charge < -0.3 is 15.5 Å². The van der Waals surface area contributed by atoms with Gasteiger partial charge in [0.2, 0.25) is 0 Å². The number of aromatic nitrogens is 2. The Morgan fingerprint density at radius 2 is 2.27 bits per heavy atom. The summed E-state index contributed by atoms with van der Waals surface area (Å²) in [6, 6.07) is -0.631. The molecule has 0 aliphatic carbocycles. The molecule has 3 N–H and O–H groups in total. The average Bonchev–Trinajstić information content (AvgIpc) is 2.54. The Morgan fingerprint density at radius 1 is 1.67 bits per heavy atom. The van der Waals surface area contributed by atoms with Gasteiger partial charge in [-0.1, -0.05) is 0 Å². The molecule has 0 bridgehead atoms. The quantitative estimate of drug-likeness (QED) is 0.627. The molecular formula is C8H12IN3O3. The van der Waals surface area contributed by atoms with Gasteiger partial charge in [-0.2, -0.15) is 5.10 Å². The maximum atomic E-state index is 11.6. The first-order valence-electron chi connectivity index (χ1n) is 4.30. The van der Waals surface area contributed by atoms with Gasteiger partial charge in [0.25, 0.3) is 5.91 Å². The fourth-order valence-electron chi connectivity index (χ4n) is 1.03. The van der Waals surface area contributed by atoms with Crippen LogP contribution in [0.3, 0.4) is 0 Å². The third-order valence-corrected chi connectivity index (χ3v) is 2.60. The predicted molar refractivity (Wildman–Crippen MR) is 61.4 cm³/mol. The van der Waals surface area contributed by atoms with Gasteiger partial charge in [-0.3, -0.25) is 9.48 Å². The zero-order valence-corrected chi connectivity index (χ0v) is 10.3. The first kappa shape index (κ1) is 12.4. The molecule has 7 heteroatoms. The number of aliphatic hydroxyl groups excluding tert-OH is 2. The van der Waals surface area contributed by atoms with Crippen LogP contribution in [0.25, 0.3) is 0 Å². The van der Waals surface area contributed by atoms with Crippen molar-refractivity contribution in [1.29, 1.82) is 0 Å². The van der Waals surface area contributed by atoms with Crippen molar-refractivity contribution in [3.8, 4) is 0 Å². The second-order valence-electron chi connectivity index (χ2n) is 3.04. The van der Waals surface area contributed by atoms with Gasteiger partial charge in [0.05, 0.1) is 24.8 Å². The van der Waals surface area contributed by atoms with E-state index in [1.165, 1.54) is 4.68 Å². The molecule has 0 fully saturated rings. The zero-order chi connectivity index (χ0) is 11.4. The van der Waals surface area contributed by atoms with Gasteiger partial charge in [0.1, 0.15) is 3.70 Å². The Kier molecular flexibility index (Phi) is 4.48. The fraction of sp³-hybridized carbons (Fsp3) is 0.500. The molecule has 84 valence electrons. The highest BCUT2D eigenvalue weighted by Crippen LogP contribution is 2.08. The summed E-state index contributed by atoms with van der Waals surface area (Å²) >= 11 is 1.95. The van der Waals surface area contributed by atoms with Crippen LogP contribution in [0, 0.1) is 3.70 Å². The molecule has 0 saturated carbocycles. The van der Waals surface area contributed by atoms with Crippen molar-refractivity contribution < 1.29 is 15.0 Å². The van der Waals surface area contributed by atoms with Crippen LogP contribution in [0.5, 0.6) is 0 Å². The van der Waals surface area contributed by atoms with Crippen LogP contribution in [-0.2, 0) is 7.05 Å². The summed E-state index contributed by atoms with van der Waals surface area (Å²) in [7, 11) is 1.72. The van der Waals surface area contributed by atoms with Crippen molar-refractivity contribution in [1.82, 2.24) is 15.1 Å². The van der Waals surface area contributed by atoms with E-state index in [4.69, 9.17) is 10.2 Å². The lowest BCUT2D eigenvalue weighted by Crippen LogP contribution is -2.40. The third kappa shape index (κ3) is 3.14. The second-order valence-corrected chi connectivity index (χ2v) is 4.06. The van der Waals surface area contributed by atoms with Crippen molar-refractivity contribution in [3.63, 3.8) is 0 Å². The normalized spacial score (nSPS) is 10.7. The van der Waals surface area contributed by atoms with Crippen LogP contribution < -0.4 is 5.32 Å². The van der Waals surface area contributed by atoms with Gasteiger partial charge in [-0.25, -0.2) is 0 Å². The van der Waals surface area contributed by atoms with Crippen molar-refractivity contribution >= 4 is 28.5 Å². The monoisotopic (exact) mass is 325 g/mol. The molecule has 1 amide bonds. The number of carbonyl (C=O) groups is 1. The van der Waals surface area contributed by atoms with Crippen molar-refractivity contribution in [3.05, 3.63) is 15.5 Å². The number of amides is 1. The van der Waals surface area contributed by atoms with Gasteiger partial charge in [0.15, 0.2) is 0 Å². The lowest BCUT2D eigenvalue weighted by atomic mass is 10.3. The molecule has 1 heterocycles. The number of nitrogens with zero attached hydrogens (tertiary/aromatic N) is 2. The first-order chi connectivity index (χ1) is 7.08. The van der Waals surface area contributed by atoms with E-state index in [1.54, 1.807) is 13.2 Å². The maximum absolute atomic E-state index is 11.6. The minimum Gasteiger partial charge on any atom is -0.394 e. The third-order valence-electron chi connectivity index (χ3n) is 1.80. The predicted octanol–water partition coefficient (Wildman–Crippen LogP) is -0.892. The standard InChI is InChI=1S/C8H12IN3O3/c1-12-2-6(7(9)11-12)8(15)10-5(3-13)4-14/h2,5,13-14H,3-4H2,1H3,(H,10,15). The molecule has 1 rings (SSSR count). The Balaban J connectivity index is 2.72. The highest BCUT2D eigenvalue weighted by atomic mass is 127. The van der Waals surface area contributed by atoms with Gasteiger partial charge in [-0.05, 0) is 22.6 Å². The molecule has 6 nitrogen and oxygen atoms in total. The summed E-state index contributed by atoms with van der Waals surface area (Å²) < 4.78 is 2.12. The number of hydrogen-bond acceptors (Lipinski definition) is 4. The average molecular weight is 325 g/mol. The highest BCUT2D eigenvalue weighted by molar-refractivity contribution is 14.1. The summed E-state index contributed by atoms with van der Waals surface area (Å²) in [5.41, 5.74) is 0.435. The Labute approximate surface area is 100 Å². The minimum atomic E-state index is -0.631. The van der Waals surface area contributed by atoms with Crippen LogP contribution in [0.1, 0.15) is 10.4 Å². The molecule has 0 aromatic carbocycles. The molecule has 0 atom stereocenters. The van der Waals surface area contributed by atoms with E-state index in [0.717, 1.165) is 0 Å². The molecular weight excluding hydrogens is 313 g/mol. The van der Waals surface area contributed by atoms with E-state index in [9.17, 15) is 4.79 Å². The van der Waals surface area contributed by atoms with E-state index in [-0.39, 0.29) is 19.1 Å². The zero-order valence-electron chi connectivity index (χ0n) is 8.14. The van der Waals surface area contributed by atoms with Crippen LogP contribution in [0.15, 0.2) is 6.20 Å². The molecule has 0 spiro atoms. The number of aliphatic hydroxyl groups is 2. The number of rotatable bonds is 4. The summed E-state index contributed by atoms with van der Waals surface area (Å²) in [4.78, 5) is 11.6. The molecule has 0 radical (unpaired) electrons. The number of hydrogen-bond donors (Lipinski definition) is 3. The van der Waals surface area contributed by atoms with E-state index in [1.807, 2.05) is 22.6 Å². The minimum absolute atomic E-state index is 0.293. The molecule has 0 aliphatic heterocycles. The number of carbonyl (C=O) groups excluding carboxylic acids is 1. The van der Waals surface area contributed by atoms with E-state index >= 15 is 0 Å². The van der Waals surface area contributed by atoms with Crippen molar-refractivity contribution in [2.45, 2.75) is 6.04 Å². The van der Waals surface area contributed by atoms with Gasteiger partial charge >= 0.3 is 0 Å². The topological polar surface area (TPSA) is 87.4 Å². The molecule has 0 unspecified atom stereocenters. The molecule has 0 saturated heterocycles. The number of nitrogens with one attached hydrogen (secondary N) is 1. The van der Waals surface area contributed by atoms with E-state index in [0.29, 0.717) is 9.26 Å². The smallest absolute Gasteiger partial charge is 0.255 e. The van der Waals surface area contributed by atoms with E-state index < -0.39 is 6.04 Å². The molecule has 0 aliphatic rings. The lowest BCUT2D eigenvalue weighted by Gasteiger charge is -2.12. The Bertz CT molecular complexity index is 349. The Hall–Kier alpha value is -0.670. The fourth-order valence-corrected chi connectivity index (χ4v) is 1.75. The lowest BCUT2D eigenvalue weighted by molar-refractivity contribution is 0.0878. The van der Waals surface area contributed by atoms with E-state index in [2.05, 4.69) is 10.4 Å². The largest absolute Gasteiger partial charge is 0.394 e. The summed E-state index contributed by atoms with van der Waals surface area (Å²) in [6.45, 7) is -0.585. The number of aryl methyl sites for hydroxylation is 1. The SMILES string of the molecule is Cn1cc(C(=O)NC(CO)CO)c(I)n1.